The van der Waals surface area contributed by atoms with Crippen molar-refractivity contribution in [3.63, 3.8) is 0 Å². The third-order valence-corrected chi connectivity index (χ3v) is 1.66. The second kappa shape index (κ2) is 3.07. The van der Waals surface area contributed by atoms with Crippen LogP contribution in [0.4, 0.5) is 0 Å². The van der Waals surface area contributed by atoms with E-state index >= 15 is 0 Å². The van der Waals surface area contributed by atoms with E-state index in [-0.39, 0.29) is 0 Å². The van der Waals surface area contributed by atoms with Crippen molar-refractivity contribution in [1.29, 1.82) is 0 Å². The highest BCUT2D eigenvalue weighted by Crippen LogP contribution is 2.17. The largest absolute Gasteiger partial charge is 0.0843 e. The average Bonchev–Trinajstić information content (AvgIpc) is 1.88. The number of hydrogen-bond donors (Lipinski definition) is 0. The van der Waals surface area contributed by atoms with E-state index in [4.69, 9.17) is 11.6 Å². The van der Waals surface area contributed by atoms with Gasteiger partial charge in [-0.1, -0.05) is 31.5 Å². The van der Waals surface area contributed by atoms with Gasteiger partial charge in [-0.25, -0.2) is 0 Å². The van der Waals surface area contributed by atoms with Crippen molar-refractivity contribution in [2.45, 2.75) is 19.8 Å². The topological polar surface area (TPSA) is 0 Å². The van der Waals surface area contributed by atoms with Crippen LogP contribution in [0.1, 0.15) is 25.3 Å². The van der Waals surface area contributed by atoms with Crippen molar-refractivity contribution in [1.82, 2.24) is 0 Å². The lowest BCUT2D eigenvalue weighted by Crippen LogP contribution is -1.84. The number of rotatable bonds is 1. The summed E-state index contributed by atoms with van der Waals surface area (Å²) in [5.74, 6) is 0.537. The molecule has 0 heterocycles. The first-order valence-corrected chi connectivity index (χ1v) is 3.74. The van der Waals surface area contributed by atoms with Crippen LogP contribution < -0.4 is 0 Å². The Hall–Kier alpha value is -0.490. The van der Waals surface area contributed by atoms with E-state index in [0.29, 0.717) is 5.92 Å². The fraction of sp³-hybridized carbons (Fsp3) is 0.333. The summed E-state index contributed by atoms with van der Waals surface area (Å²) in [5, 5.41) is 0.770. The molecule has 0 saturated heterocycles. The molecule has 1 aromatic carbocycles. The molecule has 0 unspecified atom stereocenters. The molecule has 0 bridgehead atoms. The van der Waals surface area contributed by atoms with E-state index in [0.717, 1.165) is 5.02 Å². The maximum absolute atomic E-state index is 5.76. The highest BCUT2D eigenvalue weighted by atomic mass is 35.5. The standard InChI is InChI=1S/C9H10Cl/c1-7(2)8-4-3-5-9(10)6-8/h4-7H,1-2H3. The summed E-state index contributed by atoms with van der Waals surface area (Å²) in [7, 11) is 0. The summed E-state index contributed by atoms with van der Waals surface area (Å²) < 4.78 is 0. The van der Waals surface area contributed by atoms with Crippen molar-refractivity contribution < 1.29 is 0 Å². The molecule has 1 heteroatoms. The van der Waals surface area contributed by atoms with Crippen molar-refractivity contribution in [2.75, 3.05) is 0 Å². The summed E-state index contributed by atoms with van der Waals surface area (Å²) in [5.41, 5.74) is 1.24. The van der Waals surface area contributed by atoms with E-state index in [9.17, 15) is 0 Å². The lowest BCUT2D eigenvalue weighted by Gasteiger charge is -2.03. The van der Waals surface area contributed by atoms with Gasteiger partial charge >= 0.3 is 0 Å². The molecule has 1 radical (unpaired) electrons. The minimum atomic E-state index is 0.537. The van der Waals surface area contributed by atoms with Crippen LogP contribution in [-0.4, -0.2) is 0 Å². The van der Waals surface area contributed by atoms with E-state index < -0.39 is 0 Å². The van der Waals surface area contributed by atoms with Gasteiger partial charge in [-0.15, -0.1) is 0 Å². The van der Waals surface area contributed by atoms with Crippen LogP contribution in [0, 0.1) is 6.07 Å². The predicted molar refractivity (Wildman–Crippen MR) is 44.4 cm³/mol. The summed E-state index contributed by atoms with van der Waals surface area (Å²) in [6.07, 6.45) is 0. The van der Waals surface area contributed by atoms with Crippen LogP contribution >= 0.6 is 11.6 Å². The molecule has 53 valence electrons. The van der Waals surface area contributed by atoms with Crippen LogP contribution in [-0.2, 0) is 0 Å². The zero-order valence-corrected chi connectivity index (χ0v) is 6.94. The molecule has 10 heavy (non-hydrogen) atoms. The summed E-state index contributed by atoms with van der Waals surface area (Å²) >= 11 is 5.76. The maximum Gasteiger partial charge on any atom is 0.0415 e. The van der Waals surface area contributed by atoms with Crippen molar-refractivity contribution in [2.24, 2.45) is 0 Å². The summed E-state index contributed by atoms with van der Waals surface area (Å²) in [6.45, 7) is 4.28. The second-order valence-corrected chi connectivity index (χ2v) is 3.08. The quantitative estimate of drug-likeness (QED) is 0.581. The van der Waals surface area contributed by atoms with Crippen LogP contribution in [0.2, 0.25) is 5.02 Å². The van der Waals surface area contributed by atoms with Crippen LogP contribution in [0.15, 0.2) is 18.2 Å². The van der Waals surface area contributed by atoms with Gasteiger partial charge in [0, 0.05) is 5.02 Å². The Morgan fingerprint density at radius 2 is 2.10 bits per heavy atom. The molecule has 0 N–H and O–H groups in total. The Morgan fingerprint density at radius 3 is 2.50 bits per heavy atom. The molecule has 0 aliphatic carbocycles. The SMILES string of the molecule is CC(C)c1c[c]cc(Cl)c1. The molecule has 0 aliphatic heterocycles. The fourth-order valence-corrected chi connectivity index (χ4v) is 0.982. The molecule has 0 fully saturated rings. The lowest BCUT2D eigenvalue weighted by molar-refractivity contribution is 0.866. The zero-order chi connectivity index (χ0) is 7.56. The third-order valence-electron chi connectivity index (χ3n) is 1.44. The molecular weight excluding hydrogens is 144 g/mol. The molecule has 0 aliphatic rings. The summed E-state index contributed by atoms with van der Waals surface area (Å²) in [6, 6.07) is 8.69. The number of benzene rings is 1. The van der Waals surface area contributed by atoms with Gasteiger partial charge in [0.1, 0.15) is 0 Å². The smallest absolute Gasteiger partial charge is 0.0415 e. The van der Waals surface area contributed by atoms with Crippen molar-refractivity contribution in [3.8, 4) is 0 Å². The number of hydrogen-bond acceptors (Lipinski definition) is 0. The zero-order valence-electron chi connectivity index (χ0n) is 6.19. The Bertz CT molecular complexity index is 216. The van der Waals surface area contributed by atoms with Gasteiger partial charge < -0.3 is 0 Å². The van der Waals surface area contributed by atoms with E-state index in [1.54, 1.807) is 6.07 Å². The highest BCUT2D eigenvalue weighted by molar-refractivity contribution is 6.30. The molecule has 0 atom stereocenters. The molecule has 0 aromatic heterocycles. The van der Waals surface area contributed by atoms with Gasteiger partial charge in [0.15, 0.2) is 0 Å². The molecule has 1 rings (SSSR count). The highest BCUT2D eigenvalue weighted by Gasteiger charge is 1.97. The van der Waals surface area contributed by atoms with Gasteiger partial charge in [-0.2, -0.15) is 0 Å². The Kier molecular flexibility index (Phi) is 2.34. The van der Waals surface area contributed by atoms with E-state index in [1.807, 2.05) is 12.1 Å². The van der Waals surface area contributed by atoms with E-state index in [2.05, 4.69) is 19.9 Å². The molecule has 0 nitrogen and oxygen atoms in total. The fourth-order valence-electron chi connectivity index (χ4n) is 0.793. The monoisotopic (exact) mass is 153 g/mol. The second-order valence-electron chi connectivity index (χ2n) is 2.64. The normalized spacial score (nSPS) is 10.4. The van der Waals surface area contributed by atoms with Crippen LogP contribution in [0.5, 0.6) is 0 Å². The minimum absolute atomic E-state index is 0.537. The number of halogens is 1. The van der Waals surface area contributed by atoms with E-state index in [1.165, 1.54) is 5.56 Å². The lowest BCUT2D eigenvalue weighted by atomic mass is 10.0. The van der Waals surface area contributed by atoms with Crippen molar-refractivity contribution >= 4 is 11.6 Å². The van der Waals surface area contributed by atoms with Gasteiger partial charge in [-0.3, -0.25) is 0 Å². The van der Waals surface area contributed by atoms with Crippen LogP contribution in [0.3, 0.4) is 0 Å². The third kappa shape index (κ3) is 1.74. The summed E-state index contributed by atoms with van der Waals surface area (Å²) in [4.78, 5) is 0. The molecule has 0 spiro atoms. The van der Waals surface area contributed by atoms with Gasteiger partial charge in [0.2, 0.25) is 0 Å². The first-order chi connectivity index (χ1) is 4.70. The van der Waals surface area contributed by atoms with Crippen molar-refractivity contribution in [3.05, 3.63) is 34.9 Å². The molecule has 0 saturated carbocycles. The van der Waals surface area contributed by atoms with Gasteiger partial charge in [0.05, 0.1) is 0 Å². The molecular formula is C9H10Cl. The molecule has 1 aromatic rings. The van der Waals surface area contributed by atoms with Gasteiger partial charge in [0.25, 0.3) is 0 Å². The minimum Gasteiger partial charge on any atom is -0.0843 e. The maximum atomic E-state index is 5.76. The first-order valence-electron chi connectivity index (χ1n) is 3.36. The Balaban J connectivity index is 2.96. The van der Waals surface area contributed by atoms with Gasteiger partial charge in [-0.05, 0) is 29.7 Å². The Labute approximate surface area is 66.8 Å². The first kappa shape index (κ1) is 7.62. The van der Waals surface area contributed by atoms with Crippen LogP contribution in [0.25, 0.3) is 0 Å². The Morgan fingerprint density at radius 1 is 1.40 bits per heavy atom. The average molecular weight is 154 g/mol. The predicted octanol–water partition coefficient (Wildman–Crippen LogP) is 3.26. The molecule has 0 amide bonds.